The maximum absolute atomic E-state index is 11.6. The van der Waals surface area contributed by atoms with Crippen LogP contribution in [0.4, 0.5) is 4.79 Å². The third-order valence-electron chi connectivity index (χ3n) is 1.74. The highest BCUT2D eigenvalue weighted by atomic mass is 35.5. The van der Waals surface area contributed by atoms with Gasteiger partial charge in [-0.25, -0.2) is 9.52 Å². The summed E-state index contributed by atoms with van der Waals surface area (Å²) in [4.78, 5) is 11.2. The van der Waals surface area contributed by atoms with E-state index in [2.05, 4.69) is 4.74 Å². The van der Waals surface area contributed by atoms with E-state index in [0.717, 1.165) is 4.31 Å². The third kappa shape index (κ3) is 7.70. The van der Waals surface area contributed by atoms with Crippen molar-refractivity contribution in [3.05, 3.63) is 0 Å². The van der Waals surface area contributed by atoms with Crippen molar-refractivity contribution in [2.24, 2.45) is 0 Å². The Morgan fingerprint density at radius 1 is 1.39 bits per heavy atom. The molecule has 0 aliphatic rings. The van der Waals surface area contributed by atoms with Gasteiger partial charge in [0.25, 0.3) is 0 Å². The van der Waals surface area contributed by atoms with E-state index in [-0.39, 0.29) is 13.2 Å². The highest BCUT2D eigenvalue weighted by Crippen LogP contribution is 1.96. The number of amides is 1. The lowest BCUT2D eigenvalue weighted by Crippen LogP contribution is -2.43. The zero-order valence-electron chi connectivity index (χ0n) is 10.7. The molecule has 0 aromatic heterocycles. The van der Waals surface area contributed by atoms with E-state index in [1.54, 1.807) is 18.6 Å². The largest absolute Gasteiger partial charge is 0.446 e. The molecule has 0 unspecified atom stereocenters. The van der Waals surface area contributed by atoms with Crippen LogP contribution in [0.2, 0.25) is 0 Å². The van der Waals surface area contributed by atoms with Gasteiger partial charge >= 0.3 is 16.3 Å². The Bertz CT molecular complexity index is 347. The second kappa shape index (κ2) is 8.52. The summed E-state index contributed by atoms with van der Waals surface area (Å²) in [6.07, 6.45) is -1.39. The van der Waals surface area contributed by atoms with Gasteiger partial charge in [0, 0.05) is 19.5 Å². The summed E-state index contributed by atoms with van der Waals surface area (Å²) < 4.78 is 35.7. The molecule has 1 amide bonds. The van der Waals surface area contributed by atoms with E-state index in [9.17, 15) is 13.2 Å². The van der Waals surface area contributed by atoms with Crippen molar-refractivity contribution in [3.8, 4) is 0 Å². The van der Waals surface area contributed by atoms with Crippen LogP contribution in [0, 0.1) is 0 Å². The van der Waals surface area contributed by atoms with Gasteiger partial charge < -0.3 is 9.47 Å². The van der Waals surface area contributed by atoms with Crippen LogP contribution in [0.25, 0.3) is 0 Å². The number of hydrogen-bond acceptors (Lipinski definition) is 5. The van der Waals surface area contributed by atoms with Crippen LogP contribution in [0.5, 0.6) is 0 Å². The summed E-state index contributed by atoms with van der Waals surface area (Å²) in [7, 11) is -2.57. The molecule has 0 radical (unpaired) electrons. The maximum atomic E-state index is 11.6. The van der Waals surface area contributed by atoms with Crippen LogP contribution < -0.4 is 4.72 Å². The quantitative estimate of drug-likeness (QED) is 0.523. The molecule has 0 spiro atoms. The molecule has 0 aromatic rings. The molecule has 7 nitrogen and oxygen atoms in total. The molecule has 0 rings (SSSR count). The standard InChI is InChI=1S/C9H19ClN2O5S/c1-8(2)17-9(13)11-18(14,15)12(3)5-7-16-6-4-10/h8H,4-7H2,1-3H3,(H,11,13). The fourth-order valence-electron chi connectivity index (χ4n) is 0.891. The van der Waals surface area contributed by atoms with Gasteiger partial charge in [-0.05, 0) is 13.8 Å². The Hall–Kier alpha value is -0.570. The maximum Gasteiger partial charge on any atom is 0.422 e. The molecule has 108 valence electrons. The first kappa shape index (κ1) is 17.4. The van der Waals surface area contributed by atoms with Crippen molar-refractivity contribution in [2.75, 3.05) is 32.7 Å². The third-order valence-corrected chi connectivity index (χ3v) is 3.32. The van der Waals surface area contributed by atoms with Crippen molar-refractivity contribution in [2.45, 2.75) is 20.0 Å². The van der Waals surface area contributed by atoms with Crippen molar-refractivity contribution in [1.29, 1.82) is 0 Å². The molecule has 0 atom stereocenters. The van der Waals surface area contributed by atoms with E-state index < -0.39 is 22.4 Å². The molecule has 18 heavy (non-hydrogen) atoms. The smallest absolute Gasteiger partial charge is 0.422 e. The monoisotopic (exact) mass is 302 g/mol. The van der Waals surface area contributed by atoms with Crippen LogP contribution in [0.3, 0.4) is 0 Å². The second-order valence-corrected chi connectivity index (χ2v) is 5.84. The fraction of sp³-hybridized carbons (Fsp3) is 0.889. The number of hydrogen-bond donors (Lipinski definition) is 1. The number of nitrogens with zero attached hydrogens (tertiary/aromatic N) is 1. The zero-order valence-corrected chi connectivity index (χ0v) is 12.3. The molecule has 0 saturated carbocycles. The Labute approximate surface area is 113 Å². The number of rotatable bonds is 8. The van der Waals surface area contributed by atoms with E-state index in [1.165, 1.54) is 7.05 Å². The molecule has 9 heteroatoms. The van der Waals surface area contributed by atoms with Crippen LogP contribution >= 0.6 is 11.6 Å². The van der Waals surface area contributed by atoms with Crippen LogP contribution in [-0.4, -0.2) is 57.6 Å². The zero-order chi connectivity index (χ0) is 14.2. The predicted molar refractivity (Wildman–Crippen MR) is 67.8 cm³/mol. The van der Waals surface area contributed by atoms with Gasteiger partial charge in [-0.2, -0.15) is 12.7 Å². The average Bonchev–Trinajstić information content (AvgIpc) is 2.21. The number of carbonyl (C=O) groups excluding carboxylic acids is 1. The number of likely N-dealkylation sites (N-methyl/N-ethyl adjacent to an activating group) is 1. The van der Waals surface area contributed by atoms with Gasteiger partial charge in [-0.3, -0.25) is 0 Å². The molecule has 0 bridgehead atoms. The predicted octanol–water partition coefficient (Wildman–Crippen LogP) is 0.553. The van der Waals surface area contributed by atoms with Gasteiger partial charge in [-0.1, -0.05) is 0 Å². The van der Waals surface area contributed by atoms with Gasteiger partial charge in [-0.15, -0.1) is 11.6 Å². The first-order chi connectivity index (χ1) is 8.29. The minimum atomic E-state index is -3.90. The summed E-state index contributed by atoms with van der Waals surface area (Å²) in [5, 5.41) is 0. The summed E-state index contributed by atoms with van der Waals surface area (Å²) in [5.74, 6) is 0.343. The molecular formula is C9H19ClN2O5S. The molecule has 0 aliphatic carbocycles. The summed E-state index contributed by atoms with van der Waals surface area (Å²) in [6.45, 7) is 3.90. The van der Waals surface area contributed by atoms with Gasteiger partial charge in [0.05, 0.1) is 19.3 Å². The lowest BCUT2D eigenvalue weighted by atomic mass is 10.5. The van der Waals surface area contributed by atoms with Crippen molar-refractivity contribution < 1.29 is 22.7 Å². The Kier molecular flexibility index (Phi) is 8.25. The molecular weight excluding hydrogens is 284 g/mol. The molecule has 0 saturated heterocycles. The first-order valence-electron chi connectivity index (χ1n) is 5.38. The number of carbonyl (C=O) groups is 1. The molecule has 0 heterocycles. The van der Waals surface area contributed by atoms with Crippen molar-refractivity contribution >= 4 is 27.9 Å². The van der Waals surface area contributed by atoms with Crippen molar-refractivity contribution in [3.63, 3.8) is 0 Å². The normalized spacial score (nSPS) is 11.9. The summed E-state index contributed by atoms with van der Waals surface area (Å²) in [6, 6.07) is 0. The number of ether oxygens (including phenoxy) is 2. The topological polar surface area (TPSA) is 84.9 Å². The van der Waals surface area contributed by atoms with E-state index in [1.807, 2.05) is 0 Å². The summed E-state index contributed by atoms with van der Waals surface area (Å²) >= 11 is 5.39. The molecule has 0 fully saturated rings. The highest BCUT2D eigenvalue weighted by Gasteiger charge is 2.21. The average molecular weight is 303 g/mol. The van der Waals surface area contributed by atoms with Crippen LogP contribution in [0.15, 0.2) is 0 Å². The Morgan fingerprint density at radius 3 is 2.50 bits per heavy atom. The summed E-state index contributed by atoms with van der Waals surface area (Å²) in [5.41, 5.74) is 0. The van der Waals surface area contributed by atoms with Crippen molar-refractivity contribution in [1.82, 2.24) is 9.03 Å². The number of alkyl halides is 1. The first-order valence-corrected chi connectivity index (χ1v) is 7.35. The molecule has 0 aromatic carbocycles. The minimum absolute atomic E-state index is 0.112. The molecule has 0 aliphatic heterocycles. The van der Waals surface area contributed by atoms with Gasteiger partial charge in [0.15, 0.2) is 0 Å². The fourth-order valence-corrected chi connectivity index (χ4v) is 1.73. The SMILES string of the molecule is CC(C)OC(=O)NS(=O)(=O)N(C)CCOCCCl. The highest BCUT2D eigenvalue weighted by molar-refractivity contribution is 7.87. The minimum Gasteiger partial charge on any atom is -0.446 e. The molecule has 1 N–H and O–H groups in total. The Balaban J connectivity index is 4.15. The van der Waals surface area contributed by atoms with E-state index in [0.29, 0.717) is 12.5 Å². The van der Waals surface area contributed by atoms with Gasteiger partial charge in [0.2, 0.25) is 0 Å². The van der Waals surface area contributed by atoms with E-state index in [4.69, 9.17) is 16.3 Å². The second-order valence-electron chi connectivity index (χ2n) is 3.68. The van der Waals surface area contributed by atoms with E-state index >= 15 is 0 Å². The number of nitrogens with one attached hydrogen (secondary N) is 1. The van der Waals surface area contributed by atoms with Crippen LogP contribution in [-0.2, 0) is 19.7 Å². The number of halogens is 1. The van der Waals surface area contributed by atoms with Gasteiger partial charge in [0.1, 0.15) is 0 Å². The van der Waals surface area contributed by atoms with Crippen LogP contribution in [0.1, 0.15) is 13.8 Å². The Morgan fingerprint density at radius 2 is 2.00 bits per heavy atom. The lowest BCUT2D eigenvalue weighted by molar-refractivity contribution is 0.120. The lowest BCUT2D eigenvalue weighted by Gasteiger charge is -2.17.